The fourth-order valence-corrected chi connectivity index (χ4v) is 2.50. The van der Waals surface area contributed by atoms with Crippen LogP contribution in [-0.4, -0.2) is 0 Å². The Hall–Kier alpha value is -0.890. The Kier molecular flexibility index (Phi) is 4.98. The van der Waals surface area contributed by atoms with Gasteiger partial charge in [0.2, 0.25) is 0 Å². The van der Waals surface area contributed by atoms with Gasteiger partial charge in [0.05, 0.1) is 21.8 Å². The van der Waals surface area contributed by atoms with Gasteiger partial charge in [-0.15, -0.1) is 0 Å². The van der Waals surface area contributed by atoms with E-state index in [0.29, 0.717) is 10.0 Å². The highest BCUT2D eigenvalue weighted by molar-refractivity contribution is 6.43. The zero-order valence-corrected chi connectivity index (χ0v) is 12.7. The van der Waals surface area contributed by atoms with Crippen LogP contribution < -0.4 is 5.32 Å². The topological polar surface area (TPSA) is 12.0 Å². The van der Waals surface area contributed by atoms with Crippen molar-refractivity contribution in [2.24, 2.45) is 0 Å². The number of benzene rings is 2. The standard InChI is InChI=1S/C15H14Cl3N/c1-2-13(10-5-3-6-11(16)9-10)19-14-8-4-7-12(17)15(14)18/h3-9,13,19H,2H2,1H3. The van der Waals surface area contributed by atoms with Gasteiger partial charge in [-0.25, -0.2) is 0 Å². The van der Waals surface area contributed by atoms with Gasteiger partial charge in [0.15, 0.2) is 0 Å². The maximum atomic E-state index is 6.19. The molecule has 0 amide bonds. The normalized spacial score (nSPS) is 12.2. The van der Waals surface area contributed by atoms with Gasteiger partial charge in [-0.05, 0) is 36.2 Å². The zero-order chi connectivity index (χ0) is 13.8. The summed E-state index contributed by atoms with van der Waals surface area (Å²) in [6.45, 7) is 2.11. The molecule has 0 aliphatic heterocycles. The van der Waals surface area contributed by atoms with E-state index in [0.717, 1.165) is 22.7 Å². The molecule has 0 saturated carbocycles. The maximum Gasteiger partial charge on any atom is 0.0823 e. The van der Waals surface area contributed by atoms with Crippen LogP contribution >= 0.6 is 34.8 Å². The van der Waals surface area contributed by atoms with E-state index in [1.54, 1.807) is 6.07 Å². The second kappa shape index (κ2) is 6.51. The van der Waals surface area contributed by atoms with Crippen molar-refractivity contribution >= 4 is 40.5 Å². The summed E-state index contributed by atoms with van der Waals surface area (Å²) in [5, 5.41) is 5.23. The lowest BCUT2D eigenvalue weighted by Crippen LogP contribution is -2.10. The molecule has 0 heterocycles. The van der Waals surface area contributed by atoms with Crippen molar-refractivity contribution in [3.8, 4) is 0 Å². The zero-order valence-electron chi connectivity index (χ0n) is 10.5. The molecule has 0 bridgehead atoms. The summed E-state index contributed by atoms with van der Waals surface area (Å²) in [7, 11) is 0. The minimum atomic E-state index is 0.148. The molecule has 1 atom stereocenters. The van der Waals surface area contributed by atoms with E-state index in [2.05, 4.69) is 12.2 Å². The molecule has 2 rings (SSSR count). The lowest BCUT2D eigenvalue weighted by molar-refractivity contribution is 0.749. The molecule has 0 aromatic heterocycles. The first-order valence-corrected chi connectivity index (χ1v) is 7.21. The molecule has 1 unspecified atom stereocenters. The number of anilines is 1. The first-order chi connectivity index (χ1) is 9.11. The van der Waals surface area contributed by atoms with Gasteiger partial charge in [-0.2, -0.15) is 0 Å². The minimum absolute atomic E-state index is 0.148. The van der Waals surface area contributed by atoms with Crippen LogP contribution in [0, 0.1) is 0 Å². The Morgan fingerprint density at radius 2 is 1.79 bits per heavy atom. The SMILES string of the molecule is CCC(Nc1cccc(Cl)c1Cl)c1cccc(Cl)c1. The van der Waals surface area contributed by atoms with Crippen LogP contribution in [0.3, 0.4) is 0 Å². The maximum absolute atomic E-state index is 6.19. The molecule has 19 heavy (non-hydrogen) atoms. The Labute approximate surface area is 128 Å². The van der Waals surface area contributed by atoms with Crippen molar-refractivity contribution in [2.45, 2.75) is 19.4 Å². The van der Waals surface area contributed by atoms with Crippen LogP contribution in [0.2, 0.25) is 15.1 Å². The summed E-state index contributed by atoms with van der Waals surface area (Å²) in [4.78, 5) is 0. The third-order valence-corrected chi connectivity index (χ3v) is 3.99. The van der Waals surface area contributed by atoms with E-state index in [1.807, 2.05) is 36.4 Å². The van der Waals surface area contributed by atoms with Gasteiger partial charge in [0.25, 0.3) is 0 Å². The summed E-state index contributed by atoms with van der Waals surface area (Å²) < 4.78 is 0. The van der Waals surface area contributed by atoms with E-state index < -0.39 is 0 Å². The number of halogens is 3. The van der Waals surface area contributed by atoms with Crippen LogP contribution in [0.25, 0.3) is 0 Å². The molecule has 0 spiro atoms. The van der Waals surface area contributed by atoms with Crippen LogP contribution in [0.1, 0.15) is 24.9 Å². The van der Waals surface area contributed by atoms with Gasteiger partial charge in [0.1, 0.15) is 0 Å². The number of hydrogen-bond acceptors (Lipinski definition) is 1. The molecular weight excluding hydrogens is 301 g/mol. The second-order valence-corrected chi connectivity index (χ2v) is 5.48. The predicted octanol–water partition coefficient (Wildman–Crippen LogP) is 6.21. The third-order valence-electron chi connectivity index (χ3n) is 2.94. The predicted molar refractivity (Wildman–Crippen MR) is 84.6 cm³/mol. The van der Waals surface area contributed by atoms with Gasteiger partial charge in [-0.3, -0.25) is 0 Å². The van der Waals surface area contributed by atoms with Gasteiger partial charge in [-0.1, -0.05) is 59.9 Å². The molecule has 0 fully saturated rings. The molecule has 0 radical (unpaired) electrons. The summed E-state index contributed by atoms with van der Waals surface area (Å²) in [6.07, 6.45) is 0.920. The smallest absolute Gasteiger partial charge is 0.0823 e. The summed E-state index contributed by atoms with van der Waals surface area (Å²) in [6, 6.07) is 13.5. The summed E-state index contributed by atoms with van der Waals surface area (Å²) in [5.74, 6) is 0. The van der Waals surface area contributed by atoms with Crippen molar-refractivity contribution in [1.82, 2.24) is 0 Å². The number of nitrogens with one attached hydrogen (secondary N) is 1. The van der Waals surface area contributed by atoms with Crippen LogP contribution in [0.4, 0.5) is 5.69 Å². The Morgan fingerprint density at radius 1 is 1.05 bits per heavy atom. The minimum Gasteiger partial charge on any atom is -0.377 e. The van der Waals surface area contributed by atoms with E-state index in [4.69, 9.17) is 34.8 Å². The van der Waals surface area contributed by atoms with E-state index >= 15 is 0 Å². The largest absolute Gasteiger partial charge is 0.377 e. The second-order valence-electron chi connectivity index (χ2n) is 4.26. The highest BCUT2D eigenvalue weighted by atomic mass is 35.5. The fraction of sp³-hybridized carbons (Fsp3) is 0.200. The highest BCUT2D eigenvalue weighted by Crippen LogP contribution is 2.33. The third kappa shape index (κ3) is 3.56. The van der Waals surface area contributed by atoms with Crippen LogP contribution in [0.15, 0.2) is 42.5 Å². The van der Waals surface area contributed by atoms with Crippen molar-refractivity contribution < 1.29 is 0 Å². The average Bonchev–Trinajstić information content (AvgIpc) is 2.40. The molecule has 0 saturated heterocycles. The Balaban J connectivity index is 2.26. The molecular formula is C15H14Cl3N. The van der Waals surface area contributed by atoms with E-state index in [1.165, 1.54) is 0 Å². The molecule has 4 heteroatoms. The molecule has 1 nitrogen and oxygen atoms in total. The van der Waals surface area contributed by atoms with Crippen LogP contribution in [0.5, 0.6) is 0 Å². The quantitative estimate of drug-likeness (QED) is 0.707. The molecule has 2 aromatic rings. The van der Waals surface area contributed by atoms with Crippen molar-refractivity contribution in [1.29, 1.82) is 0 Å². The van der Waals surface area contributed by atoms with E-state index in [9.17, 15) is 0 Å². The lowest BCUT2D eigenvalue weighted by atomic mass is 10.0. The average molecular weight is 315 g/mol. The molecule has 2 aromatic carbocycles. The number of hydrogen-bond donors (Lipinski definition) is 1. The first-order valence-electron chi connectivity index (χ1n) is 6.08. The van der Waals surface area contributed by atoms with Crippen molar-refractivity contribution in [3.05, 3.63) is 63.1 Å². The molecule has 1 N–H and O–H groups in total. The Morgan fingerprint density at radius 3 is 2.47 bits per heavy atom. The fourth-order valence-electron chi connectivity index (χ4n) is 1.95. The summed E-state index contributed by atoms with van der Waals surface area (Å²) in [5.41, 5.74) is 1.96. The van der Waals surface area contributed by atoms with Gasteiger partial charge >= 0.3 is 0 Å². The summed E-state index contributed by atoms with van der Waals surface area (Å²) >= 11 is 18.2. The van der Waals surface area contributed by atoms with Crippen molar-refractivity contribution in [3.63, 3.8) is 0 Å². The number of rotatable bonds is 4. The molecule has 100 valence electrons. The lowest BCUT2D eigenvalue weighted by Gasteiger charge is -2.20. The highest BCUT2D eigenvalue weighted by Gasteiger charge is 2.12. The van der Waals surface area contributed by atoms with Gasteiger partial charge < -0.3 is 5.32 Å². The molecule has 0 aliphatic carbocycles. The van der Waals surface area contributed by atoms with Gasteiger partial charge in [0, 0.05) is 5.02 Å². The molecule has 0 aliphatic rings. The van der Waals surface area contributed by atoms with E-state index in [-0.39, 0.29) is 6.04 Å². The van der Waals surface area contributed by atoms with Crippen LogP contribution in [-0.2, 0) is 0 Å². The Bertz CT molecular complexity index is 569. The first kappa shape index (κ1) is 14.5. The monoisotopic (exact) mass is 313 g/mol. The van der Waals surface area contributed by atoms with Crippen molar-refractivity contribution in [2.75, 3.05) is 5.32 Å².